The molecule has 0 saturated heterocycles. The highest BCUT2D eigenvalue weighted by Crippen LogP contribution is 2.17. The Kier molecular flexibility index (Phi) is 10.3. The van der Waals surface area contributed by atoms with Gasteiger partial charge < -0.3 is 15.8 Å². The molecule has 0 aromatic heterocycles. The van der Waals surface area contributed by atoms with Crippen molar-refractivity contribution in [1.82, 2.24) is 5.32 Å². The number of rotatable bonds is 13. The first kappa shape index (κ1) is 26.7. The second-order valence-corrected chi connectivity index (χ2v) is 8.58. The van der Waals surface area contributed by atoms with Gasteiger partial charge in [0.2, 0.25) is 11.8 Å². The lowest BCUT2D eigenvalue weighted by atomic mass is 10.0. The zero-order chi connectivity index (χ0) is 25.8. The van der Waals surface area contributed by atoms with Crippen LogP contribution in [0.3, 0.4) is 0 Å². The fraction of sp³-hybridized carbons (Fsp3) is 0.286. The van der Waals surface area contributed by atoms with E-state index in [4.69, 9.17) is 10.5 Å². The van der Waals surface area contributed by atoms with E-state index in [2.05, 4.69) is 27.5 Å². The number of allylic oxidation sites excluding steroid dienone is 2. The minimum atomic E-state index is -0.789. The number of hydrogen-bond acceptors (Lipinski definition) is 6. The van der Waals surface area contributed by atoms with Gasteiger partial charge >= 0.3 is 0 Å². The summed E-state index contributed by atoms with van der Waals surface area (Å²) in [5.41, 5.74) is 8.41. The minimum Gasteiger partial charge on any atom is -0.494 e. The smallest absolute Gasteiger partial charge is 0.240 e. The number of carbonyl (C=O) groups excluding carboxylic acids is 3. The van der Waals surface area contributed by atoms with Crippen LogP contribution in [-0.4, -0.2) is 41.5 Å². The molecular formula is C28H29N3O4S. The van der Waals surface area contributed by atoms with Crippen LogP contribution in [0.25, 0.3) is 0 Å². The Bertz CT molecular complexity index is 1180. The quantitative estimate of drug-likeness (QED) is 0.245. The van der Waals surface area contributed by atoms with Crippen LogP contribution in [0.4, 0.5) is 0 Å². The molecule has 0 spiro atoms. The maximum absolute atomic E-state index is 12.7. The Balaban J connectivity index is 1.42. The molecule has 0 radical (unpaired) electrons. The predicted octanol–water partition coefficient (Wildman–Crippen LogP) is 3.88. The normalized spacial score (nSPS) is 13.2. The van der Waals surface area contributed by atoms with Crippen molar-refractivity contribution >= 4 is 41.1 Å². The summed E-state index contributed by atoms with van der Waals surface area (Å²) < 4.78 is 5.69. The van der Waals surface area contributed by atoms with Crippen molar-refractivity contribution in [2.24, 2.45) is 10.7 Å². The van der Waals surface area contributed by atoms with E-state index in [1.54, 1.807) is 48.7 Å². The molecule has 1 atom stereocenters. The standard InChI is InChI=1S/C28H29N3O4S/c29-28(34)25(19-23-6-1-2-16-30-23)31-26(32)7-3-17-35-24-14-12-22(13-15-24)27(33)21-10-8-20(9-11-21)5-4-18-36/h4,6,8-16,25H,1-3,5,7,17,19H2,(H2,29,34)(H,31,32). The Morgan fingerprint density at radius 3 is 2.39 bits per heavy atom. The fourth-order valence-corrected chi connectivity index (χ4v) is 3.72. The number of nitrogens with zero attached hydrogens (tertiary/aromatic N) is 1. The highest BCUT2D eigenvalue weighted by molar-refractivity contribution is 7.78. The lowest BCUT2D eigenvalue weighted by Gasteiger charge is -2.17. The molecule has 1 unspecified atom stereocenters. The first-order valence-corrected chi connectivity index (χ1v) is 12.2. The van der Waals surface area contributed by atoms with Crippen molar-refractivity contribution < 1.29 is 19.1 Å². The predicted molar refractivity (Wildman–Crippen MR) is 143 cm³/mol. The third kappa shape index (κ3) is 8.41. The van der Waals surface area contributed by atoms with Gasteiger partial charge in [-0.1, -0.05) is 35.4 Å². The first-order chi connectivity index (χ1) is 17.5. The van der Waals surface area contributed by atoms with Crippen LogP contribution in [0, 0.1) is 0 Å². The second-order valence-electron chi connectivity index (χ2n) is 8.34. The fourth-order valence-electron chi connectivity index (χ4n) is 3.64. The zero-order valence-corrected chi connectivity index (χ0v) is 20.8. The summed E-state index contributed by atoms with van der Waals surface area (Å²) in [5, 5.41) is 5.25. The van der Waals surface area contributed by atoms with Crippen molar-refractivity contribution in [3.63, 3.8) is 0 Å². The molecule has 1 aliphatic heterocycles. The number of thiocarbonyl (C=S) groups is 1. The van der Waals surface area contributed by atoms with E-state index in [9.17, 15) is 14.4 Å². The molecule has 0 saturated carbocycles. The van der Waals surface area contributed by atoms with Crippen LogP contribution < -0.4 is 15.8 Å². The van der Waals surface area contributed by atoms with Gasteiger partial charge in [-0.2, -0.15) is 0 Å². The zero-order valence-electron chi connectivity index (χ0n) is 19.9. The van der Waals surface area contributed by atoms with Crippen LogP contribution in [0.5, 0.6) is 5.75 Å². The van der Waals surface area contributed by atoms with Crippen molar-refractivity contribution in [2.75, 3.05) is 6.61 Å². The molecule has 186 valence electrons. The third-order valence-electron chi connectivity index (χ3n) is 5.60. The minimum absolute atomic E-state index is 0.0752. The number of primary amides is 1. The van der Waals surface area contributed by atoms with Crippen molar-refractivity contribution in [3.05, 3.63) is 83.1 Å². The number of nitrogens with one attached hydrogen (secondary N) is 1. The molecule has 1 heterocycles. The van der Waals surface area contributed by atoms with Gasteiger partial charge in [-0.25, -0.2) is 0 Å². The SMILES string of the molecule is NC(=O)C(CC1=CCCC=N1)NC(=O)CCCOc1ccc(C(=O)c2ccc(CC=C=S)cc2)cc1. The molecule has 1 aliphatic rings. The molecule has 3 rings (SSSR count). The lowest BCUT2D eigenvalue weighted by Crippen LogP contribution is -2.44. The largest absolute Gasteiger partial charge is 0.494 e. The summed E-state index contributed by atoms with van der Waals surface area (Å²) in [7, 11) is 0. The maximum Gasteiger partial charge on any atom is 0.240 e. The van der Waals surface area contributed by atoms with E-state index in [0.717, 1.165) is 24.1 Å². The maximum atomic E-state index is 12.7. The Morgan fingerprint density at radius 1 is 1.08 bits per heavy atom. The number of ketones is 1. The van der Waals surface area contributed by atoms with Gasteiger partial charge in [-0.15, -0.1) is 0 Å². The Hall–Kier alpha value is -3.87. The molecular weight excluding hydrogens is 474 g/mol. The molecule has 7 nitrogen and oxygen atoms in total. The average Bonchev–Trinajstić information content (AvgIpc) is 2.90. The van der Waals surface area contributed by atoms with Gasteiger partial charge in [0.15, 0.2) is 5.78 Å². The van der Waals surface area contributed by atoms with Crippen molar-refractivity contribution in [1.29, 1.82) is 0 Å². The molecule has 0 fully saturated rings. The van der Waals surface area contributed by atoms with Crippen LogP contribution in [0.2, 0.25) is 0 Å². The molecule has 2 aromatic rings. The number of ether oxygens (including phenoxy) is 1. The lowest BCUT2D eigenvalue weighted by molar-refractivity contribution is -0.127. The number of carbonyl (C=O) groups is 3. The van der Waals surface area contributed by atoms with E-state index in [-0.39, 0.29) is 24.5 Å². The number of nitrogens with two attached hydrogens (primary N) is 1. The highest BCUT2D eigenvalue weighted by Gasteiger charge is 2.20. The topological polar surface area (TPSA) is 111 Å². The van der Waals surface area contributed by atoms with Gasteiger partial charge in [0.25, 0.3) is 0 Å². The summed E-state index contributed by atoms with van der Waals surface area (Å²) in [5.74, 6) is -0.330. The van der Waals surface area contributed by atoms with Crippen LogP contribution in [0.15, 0.2) is 71.4 Å². The number of hydrogen-bond donors (Lipinski definition) is 2. The average molecular weight is 504 g/mol. The highest BCUT2D eigenvalue weighted by atomic mass is 32.1. The summed E-state index contributed by atoms with van der Waals surface area (Å²) in [6.07, 6.45) is 8.88. The van der Waals surface area contributed by atoms with Gasteiger partial charge in [-0.3, -0.25) is 19.4 Å². The molecule has 2 amide bonds. The van der Waals surface area contributed by atoms with E-state index in [1.807, 2.05) is 18.2 Å². The Labute approximate surface area is 216 Å². The van der Waals surface area contributed by atoms with Gasteiger partial charge in [0.05, 0.1) is 6.61 Å². The number of amides is 2. The molecule has 0 bridgehead atoms. The number of aliphatic imine (C=N–C) groups is 1. The summed E-state index contributed by atoms with van der Waals surface area (Å²) in [6.45, 7) is 0.315. The van der Waals surface area contributed by atoms with Crippen molar-refractivity contribution in [3.8, 4) is 5.75 Å². The second kappa shape index (κ2) is 13.9. The van der Waals surface area contributed by atoms with E-state index in [1.165, 1.54) is 0 Å². The molecule has 8 heteroatoms. The molecule has 3 N–H and O–H groups in total. The van der Waals surface area contributed by atoms with Gasteiger partial charge in [0, 0.05) is 35.9 Å². The summed E-state index contributed by atoms with van der Waals surface area (Å²) >= 11 is 4.68. The first-order valence-electron chi connectivity index (χ1n) is 11.8. The van der Waals surface area contributed by atoms with E-state index >= 15 is 0 Å². The van der Waals surface area contributed by atoms with Gasteiger partial charge in [0.1, 0.15) is 11.8 Å². The number of benzene rings is 2. The van der Waals surface area contributed by atoms with E-state index < -0.39 is 11.9 Å². The molecule has 36 heavy (non-hydrogen) atoms. The van der Waals surface area contributed by atoms with Crippen LogP contribution in [-0.2, 0) is 16.0 Å². The van der Waals surface area contributed by atoms with Crippen LogP contribution >= 0.6 is 12.2 Å². The third-order valence-corrected chi connectivity index (χ3v) is 5.76. The summed E-state index contributed by atoms with van der Waals surface area (Å²) in [6, 6.07) is 13.5. The van der Waals surface area contributed by atoms with Crippen molar-refractivity contribution in [2.45, 2.75) is 44.6 Å². The Morgan fingerprint density at radius 2 is 1.78 bits per heavy atom. The van der Waals surface area contributed by atoms with Crippen LogP contribution in [0.1, 0.15) is 53.6 Å². The monoisotopic (exact) mass is 503 g/mol. The van der Waals surface area contributed by atoms with Gasteiger partial charge in [-0.05, 0) is 73.8 Å². The molecule has 2 aromatic carbocycles. The summed E-state index contributed by atoms with van der Waals surface area (Å²) in [4.78, 5) is 40.9. The van der Waals surface area contributed by atoms with E-state index in [0.29, 0.717) is 36.3 Å². The molecule has 0 aliphatic carbocycles.